The first-order valence-corrected chi connectivity index (χ1v) is 9.01. The fraction of sp³-hybridized carbons (Fsp3) is 0.368. The average molecular weight is 367 g/mol. The van der Waals surface area contributed by atoms with Crippen molar-refractivity contribution < 1.29 is 13.7 Å². The molecule has 4 rings (SSSR count). The highest BCUT2D eigenvalue weighted by Gasteiger charge is 2.27. The maximum absolute atomic E-state index is 12.7. The van der Waals surface area contributed by atoms with Crippen LogP contribution in [0.4, 0.5) is 6.01 Å². The molecule has 1 saturated heterocycles. The molecule has 3 aromatic rings. The number of nitrogens with zero attached hydrogens (tertiary/aromatic N) is 5. The molecule has 1 aromatic carbocycles. The molecule has 0 atom stereocenters. The molecule has 0 bridgehead atoms. The quantitative estimate of drug-likeness (QED) is 0.700. The van der Waals surface area contributed by atoms with Crippen LogP contribution in [0.2, 0.25) is 0 Å². The van der Waals surface area contributed by atoms with Crippen LogP contribution in [0.15, 0.2) is 45.3 Å². The van der Waals surface area contributed by atoms with Crippen molar-refractivity contribution in [2.75, 3.05) is 31.1 Å². The Hall–Kier alpha value is -3.16. The standard InChI is InChI=1S/C19H21N5O3/c1-13(2)17-20-21-19(26-17)24-10-8-23(9-11-24)18(25)15-12-16(27-22-15)14-6-4-3-5-7-14/h3-7,12-13H,8-11H2,1-2H3. The van der Waals surface area contributed by atoms with E-state index < -0.39 is 0 Å². The van der Waals surface area contributed by atoms with Crippen LogP contribution < -0.4 is 4.90 Å². The molecule has 3 heterocycles. The van der Waals surface area contributed by atoms with Crippen LogP contribution in [0.3, 0.4) is 0 Å². The number of anilines is 1. The largest absolute Gasteiger partial charge is 0.408 e. The summed E-state index contributed by atoms with van der Waals surface area (Å²) in [6.07, 6.45) is 0. The maximum atomic E-state index is 12.7. The van der Waals surface area contributed by atoms with Crippen LogP contribution in [0.1, 0.15) is 36.1 Å². The van der Waals surface area contributed by atoms with E-state index in [9.17, 15) is 4.79 Å². The van der Waals surface area contributed by atoms with E-state index in [0.717, 1.165) is 5.56 Å². The lowest BCUT2D eigenvalue weighted by Gasteiger charge is -2.33. The zero-order chi connectivity index (χ0) is 18.8. The predicted molar refractivity (Wildman–Crippen MR) is 98.4 cm³/mol. The fourth-order valence-electron chi connectivity index (χ4n) is 2.96. The summed E-state index contributed by atoms with van der Waals surface area (Å²) < 4.78 is 11.0. The van der Waals surface area contributed by atoms with Crippen molar-refractivity contribution in [3.05, 3.63) is 48.0 Å². The number of benzene rings is 1. The first kappa shape index (κ1) is 17.3. The van der Waals surface area contributed by atoms with Gasteiger partial charge in [0.25, 0.3) is 5.91 Å². The lowest BCUT2D eigenvalue weighted by Crippen LogP contribution is -2.49. The first-order valence-electron chi connectivity index (χ1n) is 9.01. The molecule has 0 radical (unpaired) electrons. The van der Waals surface area contributed by atoms with Crippen molar-refractivity contribution in [2.24, 2.45) is 0 Å². The number of hydrogen-bond donors (Lipinski definition) is 0. The lowest BCUT2D eigenvalue weighted by molar-refractivity contribution is 0.0734. The predicted octanol–water partition coefficient (Wildman–Crippen LogP) is 2.81. The third kappa shape index (κ3) is 3.55. The second-order valence-electron chi connectivity index (χ2n) is 6.80. The van der Waals surface area contributed by atoms with Gasteiger partial charge >= 0.3 is 6.01 Å². The normalized spacial score (nSPS) is 14.8. The zero-order valence-corrected chi connectivity index (χ0v) is 15.3. The van der Waals surface area contributed by atoms with Crippen molar-refractivity contribution in [3.8, 4) is 11.3 Å². The van der Waals surface area contributed by atoms with Crippen molar-refractivity contribution in [3.63, 3.8) is 0 Å². The molecule has 0 unspecified atom stereocenters. The molecule has 0 spiro atoms. The van der Waals surface area contributed by atoms with Gasteiger partial charge in [-0.25, -0.2) is 0 Å². The van der Waals surface area contributed by atoms with Gasteiger partial charge in [-0.2, -0.15) is 0 Å². The van der Waals surface area contributed by atoms with Gasteiger partial charge in [0.15, 0.2) is 11.5 Å². The Morgan fingerprint density at radius 2 is 1.81 bits per heavy atom. The first-order chi connectivity index (χ1) is 13.1. The molecule has 1 amide bonds. The smallest absolute Gasteiger partial charge is 0.318 e. The fourth-order valence-corrected chi connectivity index (χ4v) is 2.96. The molecule has 2 aromatic heterocycles. The minimum Gasteiger partial charge on any atom is -0.408 e. The number of rotatable bonds is 4. The minimum absolute atomic E-state index is 0.131. The summed E-state index contributed by atoms with van der Waals surface area (Å²) in [6.45, 7) is 6.41. The Kier molecular flexibility index (Phi) is 4.62. The Labute approximate surface area is 156 Å². The number of piperazine rings is 1. The number of hydrogen-bond acceptors (Lipinski definition) is 7. The Morgan fingerprint density at radius 3 is 2.48 bits per heavy atom. The molecular weight excluding hydrogens is 346 g/mol. The molecule has 27 heavy (non-hydrogen) atoms. The average Bonchev–Trinajstić information content (AvgIpc) is 3.38. The van der Waals surface area contributed by atoms with E-state index >= 15 is 0 Å². The number of carbonyl (C=O) groups is 1. The van der Waals surface area contributed by atoms with Crippen molar-refractivity contribution in [2.45, 2.75) is 19.8 Å². The summed E-state index contributed by atoms with van der Waals surface area (Å²) in [7, 11) is 0. The summed E-state index contributed by atoms with van der Waals surface area (Å²) in [5.41, 5.74) is 1.22. The van der Waals surface area contributed by atoms with Crippen LogP contribution in [0, 0.1) is 0 Å². The maximum Gasteiger partial charge on any atom is 0.318 e. The Bertz CT molecular complexity index is 910. The van der Waals surface area contributed by atoms with Gasteiger partial charge in [-0.1, -0.05) is 54.4 Å². The SMILES string of the molecule is CC(C)c1nnc(N2CCN(C(=O)c3cc(-c4ccccc4)on3)CC2)o1. The van der Waals surface area contributed by atoms with Crippen LogP contribution in [-0.4, -0.2) is 52.3 Å². The summed E-state index contributed by atoms with van der Waals surface area (Å²) >= 11 is 0. The molecule has 0 saturated carbocycles. The second kappa shape index (κ2) is 7.22. The molecule has 140 valence electrons. The highest BCUT2D eigenvalue weighted by molar-refractivity contribution is 5.93. The highest BCUT2D eigenvalue weighted by atomic mass is 16.5. The molecule has 0 aliphatic carbocycles. The summed E-state index contributed by atoms with van der Waals surface area (Å²) in [4.78, 5) is 16.5. The van der Waals surface area contributed by atoms with Crippen LogP contribution in [0.25, 0.3) is 11.3 Å². The van der Waals surface area contributed by atoms with E-state index in [2.05, 4.69) is 15.4 Å². The van der Waals surface area contributed by atoms with E-state index in [0.29, 0.717) is 49.5 Å². The Morgan fingerprint density at radius 1 is 1.07 bits per heavy atom. The summed E-state index contributed by atoms with van der Waals surface area (Å²) in [5, 5.41) is 12.1. The lowest BCUT2D eigenvalue weighted by atomic mass is 10.1. The van der Waals surface area contributed by atoms with Crippen molar-refractivity contribution in [1.82, 2.24) is 20.3 Å². The van der Waals surface area contributed by atoms with Gasteiger partial charge in [0.1, 0.15) is 0 Å². The zero-order valence-electron chi connectivity index (χ0n) is 15.3. The molecular formula is C19H21N5O3. The number of amides is 1. The minimum atomic E-state index is -0.131. The molecule has 1 aliphatic heterocycles. The van der Waals surface area contributed by atoms with Crippen LogP contribution in [-0.2, 0) is 0 Å². The topological polar surface area (TPSA) is 88.5 Å². The van der Waals surface area contributed by atoms with E-state index in [4.69, 9.17) is 8.94 Å². The second-order valence-corrected chi connectivity index (χ2v) is 6.80. The van der Waals surface area contributed by atoms with E-state index in [1.807, 2.05) is 49.1 Å². The van der Waals surface area contributed by atoms with Crippen LogP contribution >= 0.6 is 0 Å². The molecule has 8 nitrogen and oxygen atoms in total. The summed E-state index contributed by atoms with van der Waals surface area (Å²) in [6, 6.07) is 11.8. The van der Waals surface area contributed by atoms with E-state index in [1.165, 1.54) is 0 Å². The van der Waals surface area contributed by atoms with E-state index in [-0.39, 0.29) is 11.8 Å². The van der Waals surface area contributed by atoms with Crippen molar-refractivity contribution in [1.29, 1.82) is 0 Å². The van der Waals surface area contributed by atoms with Gasteiger partial charge in [0.2, 0.25) is 5.89 Å². The highest BCUT2D eigenvalue weighted by Crippen LogP contribution is 2.22. The number of aromatic nitrogens is 3. The van der Waals surface area contributed by atoms with E-state index in [1.54, 1.807) is 11.0 Å². The third-order valence-electron chi connectivity index (χ3n) is 4.55. The van der Waals surface area contributed by atoms with Gasteiger partial charge in [-0.05, 0) is 0 Å². The van der Waals surface area contributed by atoms with Gasteiger partial charge in [0, 0.05) is 43.7 Å². The monoisotopic (exact) mass is 367 g/mol. The number of carbonyl (C=O) groups excluding carboxylic acids is 1. The Balaban J connectivity index is 1.39. The molecule has 1 aliphatic rings. The van der Waals surface area contributed by atoms with Crippen LogP contribution in [0.5, 0.6) is 0 Å². The third-order valence-corrected chi connectivity index (χ3v) is 4.55. The van der Waals surface area contributed by atoms with Gasteiger partial charge < -0.3 is 18.7 Å². The molecule has 8 heteroatoms. The summed E-state index contributed by atoms with van der Waals surface area (Å²) in [5.74, 6) is 1.28. The molecule has 1 fully saturated rings. The van der Waals surface area contributed by atoms with Gasteiger partial charge in [0.05, 0.1) is 0 Å². The molecule has 0 N–H and O–H groups in total. The van der Waals surface area contributed by atoms with Gasteiger partial charge in [-0.3, -0.25) is 4.79 Å². The van der Waals surface area contributed by atoms with Gasteiger partial charge in [-0.15, -0.1) is 5.10 Å². The van der Waals surface area contributed by atoms with Crippen molar-refractivity contribution >= 4 is 11.9 Å².